The van der Waals surface area contributed by atoms with Gasteiger partial charge in [0.2, 0.25) is 0 Å². The van der Waals surface area contributed by atoms with Gasteiger partial charge in [0.15, 0.2) is 0 Å². The summed E-state index contributed by atoms with van der Waals surface area (Å²) in [5.74, 6) is -0.842. The molecule has 0 saturated heterocycles. The number of ether oxygens (including phenoxy) is 1. The van der Waals surface area contributed by atoms with E-state index >= 15 is 0 Å². The molecule has 0 saturated carbocycles. The number of halogens is 1. The van der Waals surface area contributed by atoms with Crippen molar-refractivity contribution in [1.29, 1.82) is 0 Å². The second-order valence-corrected chi connectivity index (χ2v) is 6.34. The van der Waals surface area contributed by atoms with Crippen molar-refractivity contribution in [2.45, 2.75) is 19.4 Å². The Hall–Kier alpha value is -1.86. The number of amides is 1. The Morgan fingerprint density at radius 1 is 1.50 bits per heavy atom. The molecule has 2 aromatic rings. The smallest absolute Gasteiger partial charge is 0.328 e. The molecule has 0 aliphatic heterocycles. The van der Waals surface area contributed by atoms with Crippen molar-refractivity contribution in [3.63, 3.8) is 0 Å². The Balaban J connectivity index is 2.28. The summed E-state index contributed by atoms with van der Waals surface area (Å²) in [4.78, 5) is 24.8. The van der Waals surface area contributed by atoms with Crippen LogP contribution in [0.25, 0.3) is 10.6 Å². The minimum absolute atomic E-state index is 0.370. The lowest BCUT2D eigenvalue weighted by Crippen LogP contribution is -2.41. The quantitative estimate of drug-likeness (QED) is 0.848. The first kappa shape index (κ1) is 16.5. The molecule has 6 nitrogen and oxygen atoms in total. The summed E-state index contributed by atoms with van der Waals surface area (Å²) in [6.07, 6.45) is 2.06. The van der Waals surface area contributed by atoms with E-state index in [9.17, 15) is 9.59 Å². The van der Waals surface area contributed by atoms with E-state index in [1.54, 1.807) is 30.9 Å². The molecule has 0 fully saturated rings. The Morgan fingerprint density at radius 2 is 2.23 bits per heavy atom. The molecule has 0 radical (unpaired) electrons. The van der Waals surface area contributed by atoms with Crippen LogP contribution in [0.2, 0.25) is 4.34 Å². The molecule has 2 heterocycles. The van der Waals surface area contributed by atoms with Gasteiger partial charge in [0.1, 0.15) is 11.7 Å². The molecule has 22 heavy (non-hydrogen) atoms. The molecule has 0 aromatic carbocycles. The number of hydrogen-bond acceptors (Lipinski definition) is 5. The number of rotatable bonds is 5. The molecule has 0 aliphatic carbocycles. The molecular weight excluding hydrogens is 326 g/mol. The highest BCUT2D eigenvalue weighted by molar-refractivity contribution is 7.19. The molecule has 118 valence electrons. The van der Waals surface area contributed by atoms with Crippen molar-refractivity contribution in [2.24, 2.45) is 7.05 Å². The normalized spacial score (nSPS) is 12.0. The zero-order valence-electron chi connectivity index (χ0n) is 12.4. The Morgan fingerprint density at radius 3 is 2.77 bits per heavy atom. The minimum atomic E-state index is -0.683. The van der Waals surface area contributed by atoms with Gasteiger partial charge in [0.25, 0.3) is 5.91 Å². The van der Waals surface area contributed by atoms with Crippen molar-refractivity contribution in [2.75, 3.05) is 7.11 Å². The summed E-state index contributed by atoms with van der Waals surface area (Å²) in [6, 6.07) is 2.88. The van der Waals surface area contributed by atoms with Crippen LogP contribution in [0.15, 0.2) is 18.3 Å². The van der Waals surface area contributed by atoms with Crippen LogP contribution in [-0.2, 0) is 16.6 Å². The predicted octanol–water partition coefficient (Wildman–Crippen LogP) is 2.48. The van der Waals surface area contributed by atoms with E-state index in [1.807, 2.05) is 6.07 Å². The summed E-state index contributed by atoms with van der Waals surface area (Å²) in [6.45, 7) is 1.80. The van der Waals surface area contributed by atoms with Crippen molar-refractivity contribution in [3.05, 3.63) is 28.2 Å². The second kappa shape index (κ2) is 6.93. The van der Waals surface area contributed by atoms with Gasteiger partial charge in [-0.3, -0.25) is 9.48 Å². The first-order chi connectivity index (χ1) is 10.5. The highest BCUT2D eigenvalue weighted by Crippen LogP contribution is 2.32. The average molecular weight is 342 g/mol. The lowest BCUT2D eigenvalue weighted by molar-refractivity contribution is -0.142. The van der Waals surface area contributed by atoms with Crippen LogP contribution in [0.4, 0.5) is 0 Å². The first-order valence-corrected chi connectivity index (χ1v) is 7.83. The molecule has 2 rings (SSSR count). The molecule has 1 N–H and O–H groups in total. The molecule has 1 atom stereocenters. The zero-order chi connectivity index (χ0) is 16.3. The Bertz CT molecular complexity index is 695. The largest absolute Gasteiger partial charge is 0.467 e. The number of nitrogens with one attached hydrogen (secondary N) is 1. The fraction of sp³-hybridized carbons (Fsp3) is 0.357. The van der Waals surface area contributed by atoms with Gasteiger partial charge in [-0.15, -0.1) is 11.3 Å². The number of aromatic nitrogens is 2. The Labute approximate surface area is 137 Å². The monoisotopic (exact) mass is 341 g/mol. The number of methoxy groups -OCH3 is 1. The minimum Gasteiger partial charge on any atom is -0.467 e. The van der Waals surface area contributed by atoms with E-state index in [0.717, 1.165) is 4.88 Å². The van der Waals surface area contributed by atoms with Crippen LogP contribution < -0.4 is 5.32 Å². The third-order valence-electron chi connectivity index (χ3n) is 3.08. The third kappa shape index (κ3) is 3.48. The van der Waals surface area contributed by atoms with E-state index in [0.29, 0.717) is 22.0 Å². The topological polar surface area (TPSA) is 73.2 Å². The van der Waals surface area contributed by atoms with Crippen molar-refractivity contribution < 1.29 is 14.3 Å². The molecule has 0 aliphatic rings. The maximum Gasteiger partial charge on any atom is 0.328 e. The van der Waals surface area contributed by atoms with Crippen LogP contribution >= 0.6 is 22.9 Å². The maximum absolute atomic E-state index is 12.4. The van der Waals surface area contributed by atoms with Gasteiger partial charge in [-0.2, -0.15) is 5.10 Å². The first-order valence-electron chi connectivity index (χ1n) is 6.64. The number of thiophene rings is 1. The van der Waals surface area contributed by atoms with Gasteiger partial charge in [-0.1, -0.05) is 18.5 Å². The van der Waals surface area contributed by atoms with Gasteiger partial charge < -0.3 is 10.1 Å². The average Bonchev–Trinajstić information content (AvgIpc) is 3.09. The zero-order valence-corrected chi connectivity index (χ0v) is 14.0. The predicted molar refractivity (Wildman–Crippen MR) is 85.1 cm³/mol. The third-order valence-corrected chi connectivity index (χ3v) is 4.32. The van der Waals surface area contributed by atoms with Gasteiger partial charge in [-0.05, 0) is 18.6 Å². The van der Waals surface area contributed by atoms with Crippen molar-refractivity contribution >= 4 is 34.8 Å². The summed E-state index contributed by atoms with van der Waals surface area (Å²) in [7, 11) is 3.02. The number of esters is 1. The van der Waals surface area contributed by atoms with E-state index in [1.165, 1.54) is 18.4 Å². The highest BCUT2D eigenvalue weighted by Gasteiger charge is 2.24. The standard InChI is InChI=1S/C14H16ClN3O3S/c1-4-9(14(20)21-3)16-13(19)8-7-18(2)17-12(8)10-5-6-11(15)22-10/h5-7,9H,4H2,1-3H3,(H,16,19)/t9-/m0/s1. The molecule has 8 heteroatoms. The lowest BCUT2D eigenvalue weighted by Gasteiger charge is -2.14. The second-order valence-electron chi connectivity index (χ2n) is 4.63. The molecular formula is C14H16ClN3O3S. The SMILES string of the molecule is CC[C@H](NC(=O)c1cn(C)nc1-c1ccc(Cl)s1)C(=O)OC. The summed E-state index contributed by atoms with van der Waals surface area (Å²) < 4.78 is 6.84. The number of carbonyl (C=O) groups excluding carboxylic acids is 2. The lowest BCUT2D eigenvalue weighted by atomic mass is 10.1. The van der Waals surface area contributed by atoms with E-state index in [-0.39, 0.29) is 5.91 Å². The fourth-order valence-corrected chi connectivity index (χ4v) is 3.03. The number of hydrogen-bond donors (Lipinski definition) is 1. The molecule has 0 unspecified atom stereocenters. The maximum atomic E-state index is 12.4. The van der Waals surface area contributed by atoms with E-state index in [4.69, 9.17) is 11.6 Å². The Kier molecular flexibility index (Phi) is 5.20. The highest BCUT2D eigenvalue weighted by atomic mass is 35.5. The van der Waals surface area contributed by atoms with Gasteiger partial charge in [-0.25, -0.2) is 4.79 Å². The van der Waals surface area contributed by atoms with Gasteiger partial charge in [0.05, 0.1) is 21.9 Å². The van der Waals surface area contributed by atoms with E-state index in [2.05, 4.69) is 15.2 Å². The van der Waals surface area contributed by atoms with Crippen LogP contribution in [0.3, 0.4) is 0 Å². The van der Waals surface area contributed by atoms with Crippen LogP contribution in [0.5, 0.6) is 0 Å². The number of carbonyl (C=O) groups is 2. The van der Waals surface area contributed by atoms with Crippen molar-refractivity contribution in [1.82, 2.24) is 15.1 Å². The van der Waals surface area contributed by atoms with Gasteiger partial charge in [0, 0.05) is 13.2 Å². The van der Waals surface area contributed by atoms with Crippen LogP contribution in [-0.4, -0.2) is 34.8 Å². The number of nitrogens with zero attached hydrogens (tertiary/aromatic N) is 2. The number of aryl methyl sites for hydroxylation is 1. The summed E-state index contributed by atoms with van der Waals surface area (Å²) in [5, 5.41) is 6.97. The fourth-order valence-electron chi connectivity index (χ4n) is 1.98. The summed E-state index contributed by atoms with van der Waals surface area (Å²) in [5.41, 5.74) is 0.931. The molecule has 0 bridgehead atoms. The summed E-state index contributed by atoms with van der Waals surface area (Å²) >= 11 is 7.28. The molecule has 0 spiro atoms. The molecule has 2 aromatic heterocycles. The molecule has 1 amide bonds. The van der Waals surface area contributed by atoms with E-state index < -0.39 is 12.0 Å². The van der Waals surface area contributed by atoms with Crippen LogP contribution in [0, 0.1) is 0 Å². The van der Waals surface area contributed by atoms with Crippen LogP contribution in [0.1, 0.15) is 23.7 Å². The van der Waals surface area contributed by atoms with Crippen molar-refractivity contribution in [3.8, 4) is 10.6 Å². The van der Waals surface area contributed by atoms with Gasteiger partial charge >= 0.3 is 5.97 Å².